The largest absolute Gasteiger partial charge is 0.478 e. The molecule has 0 aliphatic rings. The summed E-state index contributed by atoms with van der Waals surface area (Å²) in [5.74, 6) is -1.85. The van der Waals surface area contributed by atoms with Crippen LogP contribution in [0.3, 0.4) is 0 Å². The van der Waals surface area contributed by atoms with E-state index in [4.69, 9.17) is 5.11 Å². The average molecular weight is 237 g/mol. The Morgan fingerprint density at radius 3 is 2.59 bits per heavy atom. The van der Waals surface area contributed by atoms with Gasteiger partial charge in [0, 0.05) is 18.2 Å². The number of nitrogens with zero attached hydrogens (tertiary/aromatic N) is 2. The van der Waals surface area contributed by atoms with Crippen LogP contribution in [0, 0.1) is 10.1 Å². The topological polar surface area (TPSA) is 122 Å². The molecule has 8 nitrogen and oxygen atoms in total. The van der Waals surface area contributed by atoms with Crippen molar-refractivity contribution in [2.45, 2.75) is 0 Å². The van der Waals surface area contributed by atoms with Gasteiger partial charge in [-0.25, -0.2) is 9.78 Å². The lowest BCUT2D eigenvalue weighted by atomic mass is 10.4. The van der Waals surface area contributed by atoms with E-state index in [1.807, 2.05) is 0 Å². The Morgan fingerprint density at radius 1 is 1.41 bits per heavy atom. The van der Waals surface area contributed by atoms with E-state index < -0.39 is 16.8 Å². The van der Waals surface area contributed by atoms with Gasteiger partial charge in [0.2, 0.25) is 5.91 Å². The predicted molar refractivity (Wildman–Crippen MR) is 56.3 cm³/mol. The molecule has 0 atom stereocenters. The third-order valence-electron chi connectivity index (χ3n) is 1.59. The first-order valence-corrected chi connectivity index (χ1v) is 4.31. The zero-order chi connectivity index (χ0) is 12.8. The molecule has 8 heteroatoms. The zero-order valence-electron chi connectivity index (χ0n) is 8.36. The molecule has 0 spiro atoms. The molecule has 1 aromatic heterocycles. The van der Waals surface area contributed by atoms with Crippen LogP contribution in [0.25, 0.3) is 0 Å². The van der Waals surface area contributed by atoms with E-state index in [0.717, 1.165) is 12.3 Å². The number of carboxylic acids is 1. The Labute approximate surface area is 94.7 Å². The molecule has 1 rings (SSSR count). The highest BCUT2D eigenvalue weighted by molar-refractivity contribution is 6.01. The van der Waals surface area contributed by atoms with Crippen LogP contribution in [-0.4, -0.2) is 26.9 Å². The summed E-state index contributed by atoms with van der Waals surface area (Å²) in [6.07, 6.45) is 2.46. The minimum absolute atomic E-state index is 0.0932. The van der Waals surface area contributed by atoms with Crippen LogP contribution in [0.1, 0.15) is 0 Å². The highest BCUT2D eigenvalue weighted by atomic mass is 16.6. The van der Waals surface area contributed by atoms with Gasteiger partial charge in [0.1, 0.15) is 12.0 Å². The van der Waals surface area contributed by atoms with E-state index in [2.05, 4.69) is 10.3 Å². The number of aliphatic carboxylic acids is 1. The number of hydrogen-bond acceptors (Lipinski definition) is 5. The summed E-state index contributed by atoms with van der Waals surface area (Å²) in [6.45, 7) is 0. The first-order chi connectivity index (χ1) is 7.99. The van der Waals surface area contributed by atoms with Crippen LogP contribution >= 0.6 is 0 Å². The summed E-state index contributed by atoms with van der Waals surface area (Å²) in [6, 6.07) is 2.41. The van der Waals surface area contributed by atoms with Crippen molar-refractivity contribution < 1.29 is 19.6 Å². The normalized spacial score (nSPS) is 10.1. The van der Waals surface area contributed by atoms with Crippen molar-refractivity contribution >= 4 is 23.4 Å². The smallest absolute Gasteiger partial charge is 0.328 e. The van der Waals surface area contributed by atoms with Gasteiger partial charge in [0.05, 0.1) is 4.92 Å². The highest BCUT2D eigenvalue weighted by Crippen LogP contribution is 2.11. The summed E-state index contributed by atoms with van der Waals surface area (Å²) < 4.78 is 0. The van der Waals surface area contributed by atoms with Crippen LogP contribution in [0.4, 0.5) is 11.5 Å². The number of anilines is 1. The average Bonchev–Trinajstić information content (AvgIpc) is 2.27. The lowest BCUT2D eigenvalue weighted by Crippen LogP contribution is -2.09. The van der Waals surface area contributed by atoms with Crippen molar-refractivity contribution in [3.8, 4) is 0 Å². The Morgan fingerprint density at radius 2 is 2.12 bits per heavy atom. The fourth-order valence-electron chi connectivity index (χ4n) is 0.883. The molecule has 0 aliphatic heterocycles. The Bertz CT molecular complexity index is 480. The first kappa shape index (κ1) is 12.3. The molecule has 1 heterocycles. The van der Waals surface area contributed by atoms with Crippen LogP contribution < -0.4 is 5.32 Å². The van der Waals surface area contributed by atoms with Gasteiger partial charge in [-0.05, 0) is 6.07 Å². The van der Waals surface area contributed by atoms with E-state index in [0.29, 0.717) is 6.08 Å². The lowest BCUT2D eigenvalue weighted by Gasteiger charge is -1.99. The Balaban J connectivity index is 2.66. The van der Waals surface area contributed by atoms with Crippen LogP contribution in [0.15, 0.2) is 30.5 Å². The third kappa shape index (κ3) is 4.08. The molecular weight excluding hydrogens is 230 g/mol. The van der Waals surface area contributed by atoms with Crippen molar-refractivity contribution in [2.75, 3.05) is 5.32 Å². The van der Waals surface area contributed by atoms with E-state index in [1.165, 1.54) is 12.1 Å². The van der Waals surface area contributed by atoms with E-state index in [9.17, 15) is 19.7 Å². The fraction of sp³-hybridized carbons (Fsp3) is 0. The number of aromatic nitrogens is 1. The molecule has 0 bridgehead atoms. The van der Waals surface area contributed by atoms with Gasteiger partial charge in [-0.15, -0.1) is 0 Å². The molecule has 2 N–H and O–H groups in total. The molecule has 0 aliphatic carbocycles. The van der Waals surface area contributed by atoms with Crippen molar-refractivity contribution in [3.05, 3.63) is 40.6 Å². The molecule has 0 radical (unpaired) electrons. The lowest BCUT2D eigenvalue weighted by molar-refractivity contribution is -0.385. The summed E-state index contributed by atoms with van der Waals surface area (Å²) >= 11 is 0. The number of carbonyl (C=O) groups excluding carboxylic acids is 1. The first-order valence-electron chi connectivity index (χ1n) is 4.31. The Kier molecular flexibility index (Phi) is 3.87. The van der Waals surface area contributed by atoms with Gasteiger partial charge in [-0.2, -0.15) is 0 Å². The second kappa shape index (κ2) is 5.35. The fourth-order valence-corrected chi connectivity index (χ4v) is 0.883. The standard InChI is InChI=1S/C9H7N3O5/c13-8(3-4-9(14)15)11-7-2-1-6(5-10-7)12(16)17/h1-5H,(H,14,15)(H,10,11,13). The highest BCUT2D eigenvalue weighted by Gasteiger charge is 2.06. The number of rotatable bonds is 4. The second-order valence-electron chi connectivity index (χ2n) is 2.82. The molecule has 0 aromatic carbocycles. The van der Waals surface area contributed by atoms with E-state index in [1.54, 1.807) is 0 Å². The van der Waals surface area contributed by atoms with Crippen molar-refractivity contribution in [3.63, 3.8) is 0 Å². The maximum atomic E-state index is 11.1. The van der Waals surface area contributed by atoms with E-state index in [-0.39, 0.29) is 11.5 Å². The molecule has 0 saturated heterocycles. The molecule has 0 saturated carbocycles. The molecule has 0 unspecified atom stereocenters. The molecule has 1 amide bonds. The number of amides is 1. The number of pyridine rings is 1. The summed E-state index contributed by atoms with van der Waals surface area (Å²) in [5, 5.41) is 20.8. The minimum Gasteiger partial charge on any atom is -0.478 e. The maximum Gasteiger partial charge on any atom is 0.328 e. The van der Waals surface area contributed by atoms with Gasteiger partial charge < -0.3 is 10.4 Å². The number of carboxylic acid groups (broad SMARTS) is 1. The minimum atomic E-state index is -1.25. The number of hydrogen-bond donors (Lipinski definition) is 2. The SMILES string of the molecule is O=C(O)C=CC(=O)Nc1ccc([N+](=O)[O-])cn1. The van der Waals surface area contributed by atoms with E-state index >= 15 is 0 Å². The number of nitro groups is 1. The number of carbonyl (C=O) groups is 2. The van der Waals surface area contributed by atoms with Gasteiger partial charge in [-0.3, -0.25) is 14.9 Å². The van der Waals surface area contributed by atoms with Gasteiger partial charge in [0.15, 0.2) is 0 Å². The molecular formula is C9H7N3O5. The molecule has 17 heavy (non-hydrogen) atoms. The van der Waals surface area contributed by atoms with Gasteiger partial charge >= 0.3 is 5.97 Å². The molecule has 0 fully saturated rings. The maximum absolute atomic E-state index is 11.1. The summed E-state index contributed by atoms with van der Waals surface area (Å²) in [4.78, 5) is 34.5. The zero-order valence-corrected chi connectivity index (χ0v) is 8.36. The molecule has 88 valence electrons. The van der Waals surface area contributed by atoms with Crippen LogP contribution in [-0.2, 0) is 9.59 Å². The van der Waals surface area contributed by atoms with Gasteiger partial charge in [0.25, 0.3) is 5.69 Å². The van der Waals surface area contributed by atoms with Crippen molar-refractivity contribution in [1.29, 1.82) is 0 Å². The van der Waals surface area contributed by atoms with Crippen molar-refractivity contribution in [1.82, 2.24) is 4.98 Å². The predicted octanol–water partition coefficient (Wildman–Crippen LogP) is 0.569. The van der Waals surface area contributed by atoms with Crippen LogP contribution in [0.2, 0.25) is 0 Å². The molecule has 1 aromatic rings. The van der Waals surface area contributed by atoms with Crippen LogP contribution in [0.5, 0.6) is 0 Å². The number of nitrogens with one attached hydrogen (secondary N) is 1. The summed E-state index contributed by atoms with van der Waals surface area (Å²) in [5.41, 5.74) is -0.205. The van der Waals surface area contributed by atoms with Gasteiger partial charge in [-0.1, -0.05) is 0 Å². The quantitative estimate of drug-likeness (QED) is 0.448. The Hall–Kier alpha value is -2.77. The third-order valence-corrected chi connectivity index (χ3v) is 1.59. The monoisotopic (exact) mass is 237 g/mol. The second-order valence-corrected chi connectivity index (χ2v) is 2.82. The van der Waals surface area contributed by atoms with Crippen molar-refractivity contribution in [2.24, 2.45) is 0 Å². The summed E-state index contributed by atoms with van der Waals surface area (Å²) in [7, 11) is 0.